The van der Waals surface area contributed by atoms with Crippen LogP contribution in [0, 0.1) is 20.8 Å². The first-order chi connectivity index (χ1) is 13.5. The van der Waals surface area contributed by atoms with Gasteiger partial charge < -0.3 is 10.1 Å². The molecule has 6 nitrogen and oxygen atoms in total. The molecule has 0 aliphatic rings. The van der Waals surface area contributed by atoms with E-state index < -0.39 is 15.9 Å². The number of nitrogens with zero attached hydrogens (tertiary/aromatic N) is 1. The summed E-state index contributed by atoms with van der Waals surface area (Å²) in [5.41, 5.74) is 4.58. The average molecular weight is 419 g/mol. The molecular weight excluding hydrogens is 388 g/mol. The summed E-state index contributed by atoms with van der Waals surface area (Å²) in [6.07, 6.45) is 0. The van der Waals surface area contributed by atoms with Crippen LogP contribution in [0.3, 0.4) is 0 Å². The number of ether oxygens (including phenoxy) is 1. The van der Waals surface area contributed by atoms with Crippen LogP contribution in [0.5, 0.6) is 5.75 Å². The predicted octanol–water partition coefficient (Wildman–Crippen LogP) is 4.00. The Balaban J connectivity index is 2.27. The Morgan fingerprint density at radius 1 is 1.10 bits per heavy atom. The molecule has 2 rings (SSSR count). The fourth-order valence-corrected chi connectivity index (χ4v) is 4.58. The molecule has 0 radical (unpaired) electrons. The average Bonchev–Trinajstić information content (AvgIpc) is 2.63. The van der Waals surface area contributed by atoms with Crippen molar-refractivity contribution in [2.45, 2.75) is 45.4 Å². The van der Waals surface area contributed by atoms with E-state index in [2.05, 4.69) is 5.32 Å². The highest BCUT2D eigenvalue weighted by Crippen LogP contribution is 2.30. The fourth-order valence-electron chi connectivity index (χ4n) is 3.27. The molecule has 0 heterocycles. The van der Waals surface area contributed by atoms with Crippen LogP contribution in [0.1, 0.15) is 42.0 Å². The minimum absolute atomic E-state index is 0.0594. The third-order valence-electron chi connectivity index (χ3n) is 4.85. The summed E-state index contributed by atoms with van der Waals surface area (Å²) in [5.74, 6) is 0.0212. The monoisotopic (exact) mass is 418 g/mol. The fraction of sp³-hybridized carbons (Fsp3) is 0.409. The Hall–Kier alpha value is -2.38. The number of anilines is 1. The number of nitrogens with one attached hydrogen (secondary N) is 1. The van der Waals surface area contributed by atoms with Crippen LogP contribution in [0.15, 0.2) is 35.2 Å². The maximum absolute atomic E-state index is 13.1. The number of likely N-dealkylation sites (N-methyl/N-ethyl adjacent to an activating group) is 1. The lowest BCUT2D eigenvalue weighted by molar-refractivity contribution is -0.116. The molecule has 0 aromatic heterocycles. The standard InChI is InChI=1S/C22H30N2O4S/c1-14(2)18-8-9-19(28-7)20(12-18)29(26,27)24(6)13-21(25)23-22-16(4)10-15(3)11-17(22)5/h8-12,14H,13H2,1-7H3,(H,23,25). The molecule has 0 bridgehead atoms. The zero-order valence-electron chi connectivity index (χ0n) is 18.2. The third-order valence-corrected chi connectivity index (χ3v) is 6.67. The van der Waals surface area contributed by atoms with Crippen LogP contribution in [0.25, 0.3) is 0 Å². The van der Waals surface area contributed by atoms with Gasteiger partial charge in [0.25, 0.3) is 0 Å². The number of rotatable bonds is 7. The maximum atomic E-state index is 13.1. The molecule has 0 saturated heterocycles. The summed E-state index contributed by atoms with van der Waals surface area (Å²) in [6, 6.07) is 9.06. The van der Waals surface area contributed by atoms with Crippen LogP contribution in [-0.4, -0.2) is 39.3 Å². The number of carbonyl (C=O) groups is 1. The Bertz CT molecular complexity index is 990. The van der Waals surface area contributed by atoms with Gasteiger partial charge in [-0.1, -0.05) is 37.6 Å². The molecule has 2 aromatic carbocycles. The van der Waals surface area contributed by atoms with Gasteiger partial charge in [-0.05, 0) is 55.5 Å². The minimum atomic E-state index is -3.90. The van der Waals surface area contributed by atoms with E-state index in [0.717, 1.165) is 26.6 Å². The quantitative estimate of drug-likeness (QED) is 0.737. The summed E-state index contributed by atoms with van der Waals surface area (Å²) >= 11 is 0. The molecular formula is C22H30N2O4S. The smallest absolute Gasteiger partial charge is 0.246 e. The number of aryl methyl sites for hydroxylation is 3. The van der Waals surface area contributed by atoms with E-state index in [-0.39, 0.29) is 23.1 Å². The lowest BCUT2D eigenvalue weighted by Gasteiger charge is -2.20. The second-order valence-electron chi connectivity index (χ2n) is 7.65. The highest BCUT2D eigenvalue weighted by Gasteiger charge is 2.27. The molecule has 0 atom stereocenters. The second-order valence-corrected chi connectivity index (χ2v) is 9.66. The van der Waals surface area contributed by atoms with Crippen molar-refractivity contribution < 1.29 is 17.9 Å². The van der Waals surface area contributed by atoms with Gasteiger partial charge in [-0.3, -0.25) is 4.79 Å². The molecule has 0 aliphatic carbocycles. The molecule has 2 aromatic rings. The Kier molecular flexibility index (Phi) is 7.08. The van der Waals surface area contributed by atoms with Crippen molar-refractivity contribution in [3.63, 3.8) is 0 Å². The molecule has 29 heavy (non-hydrogen) atoms. The van der Waals surface area contributed by atoms with E-state index in [1.165, 1.54) is 14.2 Å². The molecule has 158 valence electrons. The Morgan fingerprint density at radius 3 is 2.21 bits per heavy atom. The lowest BCUT2D eigenvalue weighted by Crippen LogP contribution is -2.35. The van der Waals surface area contributed by atoms with Gasteiger partial charge in [0.2, 0.25) is 15.9 Å². The van der Waals surface area contributed by atoms with Gasteiger partial charge in [0.1, 0.15) is 10.6 Å². The van der Waals surface area contributed by atoms with Crippen LogP contribution < -0.4 is 10.1 Å². The second kappa shape index (κ2) is 8.97. The predicted molar refractivity (Wildman–Crippen MR) is 116 cm³/mol. The van der Waals surface area contributed by atoms with E-state index in [1.54, 1.807) is 12.1 Å². The van der Waals surface area contributed by atoms with E-state index in [9.17, 15) is 13.2 Å². The van der Waals surface area contributed by atoms with Crippen molar-refractivity contribution >= 4 is 21.6 Å². The number of hydrogen-bond donors (Lipinski definition) is 1. The summed E-state index contributed by atoms with van der Waals surface area (Å²) in [6.45, 7) is 9.49. The molecule has 7 heteroatoms. The molecule has 0 fully saturated rings. The van der Waals surface area contributed by atoms with E-state index in [0.29, 0.717) is 5.69 Å². The van der Waals surface area contributed by atoms with E-state index >= 15 is 0 Å². The van der Waals surface area contributed by atoms with Crippen molar-refractivity contribution in [3.05, 3.63) is 52.6 Å². The molecule has 0 spiro atoms. The van der Waals surface area contributed by atoms with Crippen molar-refractivity contribution in [2.75, 3.05) is 26.0 Å². The molecule has 0 unspecified atom stereocenters. The largest absolute Gasteiger partial charge is 0.495 e. The minimum Gasteiger partial charge on any atom is -0.495 e. The highest BCUT2D eigenvalue weighted by molar-refractivity contribution is 7.89. The zero-order chi connectivity index (χ0) is 21.9. The van der Waals surface area contributed by atoms with Gasteiger partial charge in [0.15, 0.2) is 0 Å². The zero-order valence-corrected chi connectivity index (χ0v) is 19.0. The van der Waals surface area contributed by atoms with Crippen LogP contribution in [0.2, 0.25) is 0 Å². The SMILES string of the molecule is COc1ccc(C(C)C)cc1S(=O)(=O)N(C)CC(=O)Nc1c(C)cc(C)cc1C. The maximum Gasteiger partial charge on any atom is 0.246 e. The first-order valence-electron chi connectivity index (χ1n) is 9.49. The van der Waals surface area contributed by atoms with Crippen molar-refractivity contribution in [1.82, 2.24) is 4.31 Å². The van der Waals surface area contributed by atoms with Gasteiger partial charge >= 0.3 is 0 Å². The van der Waals surface area contributed by atoms with Gasteiger partial charge in [-0.15, -0.1) is 0 Å². The van der Waals surface area contributed by atoms with Gasteiger partial charge in [0, 0.05) is 12.7 Å². The van der Waals surface area contributed by atoms with Crippen molar-refractivity contribution in [1.29, 1.82) is 0 Å². The molecule has 0 aliphatic heterocycles. The number of sulfonamides is 1. The number of carbonyl (C=O) groups excluding carboxylic acids is 1. The van der Waals surface area contributed by atoms with Gasteiger partial charge in [-0.25, -0.2) is 8.42 Å². The first-order valence-corrected chi connectivity index (χ1v) is 10.9. The number of methoxy groups -OCH3 is 1. The van der Waals surface area contributed by atoms with Crippen LogP contribution >= 0.6 is 0 Å². The molecule has 0 saturated carbocycles. The lowest BCUT2D eigenvalue weighted by atomic mass is 10.0. The Morgan fingerprint density at radius 2 is 1.69 bits per heavy atom. The molecule has 1 amide bonds. The molecule has 1 N–H and O–H groups in total. The Labute approximate surface area is 173 Å². The summed E-state index contributed by atoms with van der Waals surface area (Å²) < 4.78 is 32.5. The third kappa shape index (κ3) is 5.16. The normalized spacial score (nSPS) is 11.8. The first kappa shape index (κ1) is 22.9. The number of hydrogen-bond acceptors (Lipinski definition) is 4. The van der Waals surface area contributed by atoms with Crippen LogP contribution in [0.4, 0.5) is 5.69 Å². The number of amides is 1. The summed E-state index contributed by atoms with van der Waals surface area (Å²) in [4.78, 5) is 12.6. The summed E-state index contributed by atoms with van der Waals surface area (Å²) in [7, 11) is -1.08. The van der Waals surface area contributed by atoms with Gasteiger partial charge in [-0.2, -0.15) is 4.31 Å². The summed E-state index contributed by atoms with van der Waals surface area (Å²) in [5, 5.41) is 2.84. The van der Waals surface area contributed by atoms with Gasteiger partial charge in [0.05, 0.1) is 13.7 Å². The van der Waals surface area contributed by atoms with Crippen molar-refractivity contribution in [3.8, 4) is 5.75 Å². The van der Waals surface area contributed by atoms with E-state index in [4.69, 9.17) is 4.74 Å². The van der Waals surface area contributed by atoms with E-state index in [1.807, 2.05) is 52.8 Å². The topological polar surface area (TPSA) is 75.7 Å². The van der Waals surface area contributed by atoms with Crippen molar-refractivity contribution in [2.24, 2.45) is 0 Å². The number of benzene rings is 2. The van der Waals surface area contributed by atoms with Crippen LogP contribution in [-0.2, 0) is 14.8 Å². The highest BCUT2D eigenvalue weighted by atomic mass is 32.2.